The Balaban J connectivity index is 1.34. The Morgan fingerprint density at radius 1 is 0.587 bits per heavy atom. The largest absolute Gasteiger partial charge is 0.489 e. The molecule has 0 aliphatic rings. The Morgan fingerprint density at radius 2 is 1.15 bits per heavy atom. The molecule has 0 unspecified atom stereocenters. The molecule has 1 heterocycles. The number of ether oxygens (including phenoxy) is 4. The van der Waals surface area contributed by atoms with Crippen LogP contribution in [0.3, 0.4) is 0 Å². The first kappa shape index (κ1) is 30.1. The van der Waals surface area contributed by atoms with Gasteiger partial charge in [-0.2, -0.15) is 0 Å². The van der Waals surface area contributed by atoms with Crippen LogP contribution < -0.4 is 19.9 Å². The third-order valence-electron chi connectivity index (χ3n) is 7.10. The maximum Gasteiger partial charge on any atom is 0.343 e. The topological polar surface area (TPSA) is 120 Å². The molecule has 5 aromatic carbocycles. The number of H-pyrrole nitrogens is 2. The molecule has 0 spiro atoms. The molecule has 0 saturated carbocycles. The average molecular weight is 615 g/mol. The van der Waals surface area contributed by atoms with E-state index in [1.165, 1.54) is 18.2 Å². The molecule has 6 aromatic rings. The van der Waals surface area contributed by atoms with Gasteiger partial charge in [-0.25, -0.2) is 9.59 Å². The number of esters is 1. The Bertz CT molecular complexity index is 2000. The number of ketones is 1. The van der Waals surface area contributed by atoms with Crippen molar-refractivity contribution in [2.75, 3.05) is 6.61 Å². The van der Waals surface area contributed by atoms with Gasteiger partial charge in [-0.1, -0.05) is 91.0 Å². The Hall–Kier alpha value is -5.93. The van der Waals surface area contributed by atoms with Crippen LogP contribution in [0.4, 0.5) is 0 Å². The molecule has 1 aromatic heterocycles. The quantitative estimate of drug-likeness (QED) is 0.0851. The van der Waals surface area contributed by atoms with Crippen LogP contribution in [0.15, 0.2) is 126 Å². The summed E-state index contributed by atoms with van der Waals surface area (Å²) in [7, 11) is 0. The predicted octanol–water partition coefficient (Wildman–Crippen LogP) is 6.63. The van der Waals surface area contributed by atoms with Crippen molar-refractivity contribution in [3.05, 3.63) is 160 Å². The molecule has 0 bridgehead atoms. The second-order valence-electron chi connectivity index (χ2n) is 10.5. The number of benzene rings is 5. The van der Waals surface area contributed by atoms with Crippen LogP contribution in [-0.4, -0.2) is 28.3 Å². The first-order valence-electron chi connectivity index (χ1n) is 14.6. The van der Waals surface area contributed by atoms with E-state index in [-0.39, 0.29) is 49.1 Å². The van der Waals surface area contributed by atoms with E-state index in [0.717, 1.165) is 16.7 Å². The molecule has 0 fully saturated rings. The van der Waals surface area contributed by atoms with Crippen LogP contribution in [0.25, 0.3) is 11.0 Å². The number of hydrogen-bond acceptors (Lipinski definition) is 7. The number of carbonyl (C=O) groups is 2. The summed E-state index contributed by atoms with van der Waals surface area (Å²) in [6, 6.07) is 36.3. The summed E-state index contributed by atoms with van der Waals surface area (Å²) in [5, 5.41) is 0. The van der Waals surface area contributed by atoms with Gasteiger partial charge >= 0.3 is 11.7 Å². The lowest BCUT2D eigenvalue weighted by molar-refractivity contribution is 0.0699. The first-order valence-corrected chi connectivity index (χ1v) is 14.6. The van der Waals surface area contributed by atoms with Crippen molar-refractivity contribution in [2.24, 2.45) is 0 Å². The van der Waals surface area contributed by atoms with Gasteiger partial charge < -0.3 is 28.9 Å². The van der Waals surface area contributed by atoms with Gasteiger partial charge in [0.15, 0.2) is 5.78 Å². The zero-order valence-electron chi connectivity index (χ0n) is 24.7. The van der Waals surface area contributed by atoms with Crippen molar-refractivity contribution < 1.29 is 28.5 Å². The standard InChI is InChI=1S/C37H30N2O7/c40-32(24-43-21-25-10-4-1-5-11-25)35-33(45-23-27-14-8-3-9-15-27)19-29(44-22-26-12-6-2-7-13-26)20-34(35)46-36(41)28-16-17-30-31(18-28)39-37(42)38-30/h1-20H,21-24H2,(H2,38,39,42). The van der Waals surface area contributed by atoms with Gasteiger partial charge in [0.05, 0.1) is 23.2 Å². The summed E-state index contributed by atoms with van der Waals surface area (Å²) < 4.78 is 23.9. The summed E-state index contributed by atoms with van der Waals surface area (Å²) in [4.78, 5) is 44.3. The van der Waals surface area contributed by atoms with E-state index >= 15 is 0 Å². The van der Waals surface area contributed by atoms with Crippen molar-refractivity contribution in [2.45, 2.75) is 19.8 Å². The molecule has 0 amide bonds. The average Bonchev–Trinajstić information content (AvgIpc) is 3.47. The van der Waals surface area contributed by atoms with Crippen molar-refractivity contribution in [3.63, 3.8) is 0 Å². The Labute approximate surface area is 264 Å². The SMILES string of the molecule is O=C(Oc1cc(OCc2ccccc2)cc(OCc2ccccc2)c1C(=O)COCc1ccccc1)c1ccc2[nH]c(=O)[nH]c2c1. The number of aromatic amines is 2. The van der Waals surface area contributed by atoms with Crippen molar-refractivity contribution in [3.8, 4) is 17.2 Å². The van der Waals surface area contributed by atoms with Crippen LogP contribution in [-0.2, 0) is 24.6 Å². The van der Waals surface area contributed by atoms with Gasteiger partial charge in [0.1, 0.15) is 42.6 Å². The third-order valence-corrected chi connectivity index (χ3v) is 7.10. The zero-order chi connectivity index (χ0) is 31.7. The van der Waals surface area contributed by atoms with Crippen LogP contribution >= 0.6 is 0 Å². The second kappa shape index (κ2) is 14.2. The predicted molar refractivity (Wildman–Crippen MR) is 172 cm³/mol. The summed E-state index contributed by atoms with van der Waals surface area (Å²) in [5.74, 6) is -0.716. The van der Waals surface area contributed by atoms with Crippen molar-refractivity contribution in [1.82, 2.24) is 9.97 Å². The highest BCUT2D eigenvalue weighted by atomic mass is 16.5. The highest BCUT2D eigenvalue weighted by Crippen LogP contribution is 2.36. The number of fused-ring (bicyclic) bond motifs is 1. The lowest BCUT2D eigenvalue weighted by atomic mass is 10.1. The molecular formula is C37H30N2O7. The third kappa shape index (κ3) is 7.58. The van der Waals surface area contributed by atoms with Crippen LogP contribution in [0.5, 0.6) is 17.2 Å². The normalized spacial score (nSPS) is 10.9. The molecule has 0 radical (unpaired) electrons. The minimum absolute atomic E-state index is 0.0422. The summed E-state index contributed by atoms with van der Waals surface area (Å²) in [5.41, 5.74) is 3.51. The maximum absolute atomic E-state index is 13.8. The number of nitrogens with one attached hydrogen (secondary N) is 2. The maximum atomic E-state index is 13.8. The fraction of sp³-hybridized carbons (Fsp3) is 0.108. The summed E-state index contributed by atoms with van der Waals surface area (Å²) >= 11 is 0. The Morgan fingerprint density at radius 3 is 1.80 bits per heavy atom. The van der Waals surface area contributed by atoms with Crippen molar-refractivity contribution in [1.29, 1.82) is 0 Å². The number of Topliss-reactive ketones (excluding diaryl/α,β-unsaturated/α-hetero) is 1. The van der Waals surface area contributed by atoms with Gasteiger partial charge in [0.25, 0.3) is 0 Å². The van der Waals surface area contributed by atoms with Gasteiger partial charge in [-0.15, -0.1) is 0 Å². The molecule has 0 saturated heterocycles. The van der Waals surface area contributed by atoms with Crippen LogP contribution in [0.1, 0.15) is 37.4 Å². The van der Waals surface area contributed by atoms with Gasteiger partial charge in [-0.05, 0) is 34.9 Å². The number of hydrogen-bond donors (Lipinski definition) is 2. The monoisotopic (exact) mass is 614 g/mol. The fourth-order valence-corrected chi connectivity index (χ4v) is 4.82. The molecule has 46 heavy (non-hydrogen) atoms. The van der Waals surface area contributed by atoms with Crippen LogP contribution in [0, 0.1) is 0 Å². The highest BCUT2D eigenvalue weighted by molar-refractivity contribution is 6.04. The molecule has 9 nitrogen and oxygen atoms in total. The molecule has 9 heteroatoms. The van der Waals surface area contributed by atoms with Gasteiger partial charge in [-0.3, -0.25) is 4.79 Å². The fourth-order valence-electron chi connectivity index (χ4n) is 4.82. The molecule has 6 rings (SSSR count). The van der Waals surface area contributed by atoms with E-state index in [0.29, 0.717) is 16.8 Å². The van der Waals surface area contributed by atoms with E-state index in [1.807, 2.05) is 91.0 Å². The van der Waals surface area contributed by atoms with Crippen LogP contribution in [0.2, 0.25) is 0 Å². The molecule has 0 aliphatic carbocycles. The number of carbonyl (C=O) groups excluding carboxylic acids is 2. The van der Waals surface area contributed by atoms with E-state index in [1.54, 1.807) is 12.1 Å². The number of aromatic nitrogens is 2. The number of imidazole rings is 1. The highest BCUT2D eigenvalue weighted by Gasteiger charge is 2.24. The van der Waals surface area contributed by atoms with E-state index in [4.69, 9.17) is 18.9 Å². The molecule has 230 valence electrons. The second-order valence-corrected chi connectivity index (χ2v) is 10.5. The molecule has 2 N–H and O–H groups in total. The Kier molecular flexibility index (Phi) is 9.32. The van der Waals surface area contributed by atoms with E-state index < -0.39 is 17.4 Å². The lowest BCUT2D eigenvalue weighted by Crippen LogP contribution is -2.16. The van der Waals surface area contributed by atoms with Gasteiger partial charge in [0.2, 0.25) is 0 Å². The van der Waals surface area contributed by atoms with E-state index in [9.17, 15) is 14.4 Å². The lowest BCUT2D eigenvalue weighted by Gasteiger charge is -2.18. The van der Waals surface area contributed by atoms with Gasteiger partial charge in [0, 0.05) is 12.1 Å². The smallest absolute Gasteiger partial charge is 0.343 e. The van der Waals surface area contributed by atoms with E-state index in [2.05, 4.69) is 9.97 Å². The first-order chi connectivity index (χ1) is 22.5. The molecular weight excluding hydrogens is 584 g/mol. The zero-order valence-corrected chi connectivity index (χ0v) is 24.7. The number of rotatable bonds is 13. The molecule has 0 aliphatic heterocycles. The minimum atomic E-state index is -0.738. The van der Waals surface area contributed by atoms with Crippen molar-refractivity contribution >= 4 is 22.8 Å². The summed E-state index contributed by atoms with van der Waals surface area (Å²) in [6.45, 7) is 0.313. The summed E-state index contributed by atoms with van der Waals surface area (Å²) in [6.07, 6.45) is 0. The minimum Gasteiger partial charge on any atom is -0.489 e. The molecule has 0 atom stereocenters.